The molecule has 0 aliphatic rings. The van der Waals surface area contributed by atoms with Crippen molar-refractivity contribution in [2.24, 2.45) is 4.99 Å². The number of esters is 1. The van der Waals surface area contributed by atoms with Crippen molar-refractivity contribution in [3.8, 4) is 11.8 Å². The molecule has 1 N–H and O–H groups in total. The van der Waals surface area contributed by atoms with Crippen LogP contribution in [0.5, 0.6) is 0 Å². The van der Waals surface area contributed by atoms with Crippen molar-refractivity contribution in [2.75, 3.05) is 13.8 Å². The summed E-state index contributed by atoms with van der Waals surface area (Å²) in [6.07, 6.45) is 6.08. The first-order valence-corrected chi connectivity index (χ1v) is 8.43. The molecule has 0 radical (unpaired) electrons. The molecule has 0 amide bonds. The van der Waals surface area contributed by atoms with Crippen LogP contribution in [-0.4, -0.2) is 30.6 Å². The summed E-state index contributed by atoms with van der Waals surface area (Å²) < 4.78 is 4.71. The van der Waals surface area contributed by atoms with Crippen LogP contribution in [0.3, 0.4) is 0 Å². The number of ether oxygens (including phenoxy) is 1. The number of rotatable bonds is 8. The van der Waals surface area contributed by atoms with Crippen molar-refractivity contribution < 1.29 is 14.6 Å². The number of unbranched alkanes of at least 4 members (excludes halogenated alkanes) is 4. The zero-order valence-electron chi connectivity index (χ0n) is 14.9. The van der Waals surface area contributed by atoms with E-state index in [-0.39, 0.29) is 5.71 Å². The first-order chi connectivity index (χ1) is 11.6. The lowest BCUT2D eigenvalue weighted by molar-refractivity contribution is -0.132. The summed E-state index contributed by atoms with van der Waals surface area (Å²) in [5, 5.41) is 8.97. The van der Waals surface area contributed by atoms with Gasteiger partial charge in [0.25, 0.3) is 0 Å². The Balaban J connectivity index is 2.80. The van der Waals surface area contributed by atoms with Crippen molar-refractivity contribution >= 4 is 11.7 Å². The Hall–Kier alpha value is -2.12. The van der Waals surface area contributed by atoms with Gasteiger partial charge in [0.05, 0.1) is 7.11 Å². The fourth-order valence-electron chi connectivity index (χ4n) is 2.32. The third-order valence-electron chi connectivity index (χ3n) is 3.78. The second-order valence-electron chi connectivity index (χ2n) is 5.67. The summed E-state index contributed by atoms with van der Waals surface area (Å²) in [7, 11) is 1.31. The number of aliphatic hydroxyl groups is 1. The van der Waals surface area contributed by atoms with E-state index >= 15 is 0 Å². The predicted octanol–water partition coefficient (Wildman–Crippen LogP) is 3.42. The Bertz CT molecular complexity index is 624. The number of hydrogen-bond acceptors (Lipinski definition) is 4. The smallest absolute Gasteiger partial charge is 0.352 e. The fraction of sp³-hybridized carbons (Fsp3) is 0.500. The van der Waals surface area contributed by atoms with Gasteiger partial charge < -0.3 is 9.84 Å². The molecule has 0 spiro atoms. The average Bonchev–Trinajstić information content (AvgIpc) is 2.59. The first kappa shape index (κ1) is 19.9. The third-order valence-corrected chi connectivity index (χ3v) is 3.78. The molecular weight excluding hydrogens is 302 g/mol. The van der Waals surface area contributed by atoms with Gasteiger partial charge in [-0.15, -0.1) is 0 Å². The van der Waals surface area contributed by atoms with Crippen LogP contribution in [0.15, 0.2) is 23.2 Å². The summed E-state index contributed by atoms with van der Waals surface area (Å²) in [5.74, 6) is 5.87. The van der Waals surface area contributed by atoms with Crippen molar-refractivity contribution in [3.05, 3.63) is 34.9 Å². The van der Waals surface area contributed by atoms with Crippen molar-refractivity contribution in [1.29, 1.82) is 0 Å². The van der Waals surface area contributed by atoms with E-state index in [1.807, 2.05) is 25.1 Å². The SMILES string of the molecule is CCCCCCC#Cc1ccc(C)c(C/C(=N\CO)C(=O)OC)c1. The lowest BCUT2D eigenvalue weighted by atomic mass is 10.00. The number of aliphatic hydroxyl groups excluding tert-OH is 1. The maximum absolute atomic E-state index is 11.7. The molecule has 0 unspecified atom stereocenters. The van der Waals surface area contributed by atoms with Crippen molar-refractivity contribution in [3.63, 3.8) is 0 Å². The zero-order chi connectivity index (χ0) is 17.8. The van der Waals surface area contributed by atoms with Gasteiger partial charge in [0, 0.05) is 18.4 Å². The molecule has 1 aromatic rings. The van der Waals surface area contributed by atoms with Crippen LogP contribution >= 0.6 is 0 Å². The number of carbonyl (C=O) groups is 1. The van der Waals surface area contributed by atoms with Gasteiger partial charge in [-0.3, -0.25) is 4.99 Å². The van der Waals surface area contributed by atoms with Crippen LogP contribution in [0.1, 0.15) is 55.7 Å². The summed E-state index contributed by atoms with van der Waals surface area (Å²) >= 11 is 0. The van der Waals surface area contributed by atoms with Gasteiger partial charge in [0.15, 0.2) is 0 Å². The first-order valence-electron chi connectivity index (χ1n) is 8.43. The molecule has 0 aromatic heterocycles. The van der Waals surface area contributed by atoms with Crippen molar-refractivity contribution in [1.82, 2.24) is 0 Å². The maximum Gasteiger partial charge on any atom is 0.352 e. The molecule has 1 aromatic carbocycles. The minimum absolute atomic E-state index is 0.216. The molecule has 1 rings (SSSR count). The van der Waals surface area contributed by atoms with Gasteiger partial charge in [-0.25, -0.2) is 4.79 Å². The number of benzene rings is 1. The van der Waals surface area contributed by atoms with Crippen LogP contribution < -0.4 is 0 Å². The number of aryl methyl sites for hydroxylation is 1. The molecule has 4 heteroatoms. The van der Waals surface area contributed by atoms with Gasteiger partial charge >= 0.3 is 5.97 Å². The van der Waals surface area contributed by atoms with E-state index in [0.717, 1.165) is 29.5 Å². The molecular formula is C20H27NO3. The molecule has 0 heterocycles. The average molecular weight is 329 g/mol. The third kappa shape index (κ3) is 6.97. The Morgan fingerprint density at radius 2 is 2.08 bits per heavy atom. The topological polar surface area (TPSA) is 58.9 Å². The number of aliphatic imine (C=N–C) groups is 1. The molecule has 4 nitrogen and oxygen atoms in total. The van der Waals surface area contributed by atoms with E-state index in [9.17, 15) is 4.79 Å². The number of carbonyl (C=O) groups excluding carboxylic acids is 1. The minimum Gasteiger partial charge on any atom is -0.465 e. The predicted molar refractivity (Wildman–Crippen MR) is 97.1 cm³/mol. The molecule has 0 saturated heterocycles. The lowest BCUT2D eigenvalue weighted by Crippen LogP contribution is -2.19. The maximum atomic E-state index is 11.7. The molecule has 0 aliphatic heterocycles. The van der Waals surface area contributed by atoms with E-state index in [1.54, 1.807) is 0 Å². The van der Waals surface area contributed by atoms with Crippen LogP contribution in [0.25, 0.3) is 0 Å². The van der Waals surface area contributed by atoms with Gasteiger partial charge in [-0.2, -0.15) is 0 Å². The van der Waals surface area contributed by atoms with Crippen molar-refractivity contribution in [2.45, 2.75) is 52.4 Å². The monoisotopic (exact) mass is 329 g/mol. The Kier molecular flexibility index (Phi) is 9.48. The largest absolute Gasteiger partial charge is 0.465 e. The fourth-order valence-corrected chi connectivity index (χ4v) is 2.32. The second kappa shape index (κ2) is 11.4. The molecule has 0 aliphatic carbocycles. The number of nitrogens with zero attached hydrogens (tertiary/aromatic N) is 1. The summed E-state index contributed by atoms with van der Waals surface area (Å²) in [4.78, 5) is 15.5. The van der Waals surface area contributed by atoms with E-state index in [0.29, 0.717) is 6.42 Å². The Morgan fingerprint density at radius 3 is 2.75 bits per heavy atom. The highest BCUT2D eigenvalue weighted by Gasteiger charge is 2.13. The lowest BCUT2D eigenvalue weighted by Gasteiger charge is -2.08. The normalized spacial score (nSPS) is 10.9. The molecule has 0 atom stereocenters. The van der Waals surface area contributed by atoms with Gasteiger partial charge in [0.2, 0.25) is 0 Å². The van der Waals surface area contributed by atoms with E-state index in [4.69, 9.17) is 9.84 Å². The second-order valence-corrected chi connectivity index (χ2v) is 5.67. The quantitative estimate of drug-likeness (QED) is 0.344. The summed E-state index contributed by atoms with van der Waals surface area (Å²) in [6, 6.07) is 5.95. The highest BCUT2D eigenvalue weighted by atomic mass is 16.5. The molecule has 24 heavy (non-hydrogen) atoms. The van der Waals surface area contributed by atoms with Crippen LogP contribution in [-0.2, 0) is 16.0 Å². The van der Waals surface area contributed by atoms with Crippen LogP contribution in [0.4, 0.5) is 0 Å². The highest BCUT2D eigenvalue weighted by Crippen LogP contribution is 2.13. The minimum atomic E-state index is -0.518. The van der Waals surface area contributed by atoms with E-state index in [1.165, 1.54) is 26.4 Å². The highest BCUT2D eigenvalue weighted by molar-refractivity contribution is 6.36. The Labute approximate surface area is 145 Å². The Morgan fingerprint density at radius 1 is 1.29 bits per heavy atom. The number of hydrogen-bond donors (Lipinski definition) is 1. The molecule has 0 bridgehead atoms. The van der Waals surface area contributed by atoms with Crippen LogP contribution in [0.2, 0.25) is 0 Å². The molecule has 130 valence electrons. The molecule has 0 saturated carbocycles. The zero-order valence-corrected chi connectivity index (χ0v) is 14.9. The molecule has 0 fully saturated rings. The van der Waals surface area contributed by atoms with E-state index < -0.39 is 12.7 Å². The van der Waals surface area contributed by atoms with Gasteiger partial charge in [-0.1, -0.05) is 44.1 Å². The van der Waals surface area contributed by atoms with Gasteiger partial charge in [0.1, 0.15) is 12.4 Å². The van der Waals surface area contributed by atoms with Crippen LogP contribution in [0, 0.1) is 18.8 Å². The van der Waals surface area contributed by atoms with Gasteiger partial charge in [-0.05, 0) is 36.6 Å². The summed E-state index contributed by atoms with van der Waals surface area (Å²) in [5.41, 5.74) is 3.16. The van der Waals surface area contributed by atoms with E-state index in [2.05, 4.69) is 23.8 Å². The standard InChI is InChI=1S/C20H27NO3/c1-4-5-6-7-8-9-10-17-12-11-16(2)18(13-17)14-19(21-15-22)20(23)24-3/h11-13,22H,4-8,14-15H2,1-3H3/b21-19+. The number of methoxy groups -OCH3 is 1. The summed E-state index contributed by atoms with van der Waals surface area (Å²) in [6.45, 7) is 3.74.